The van der Waals surface area contributed by atoms with Crippen molar-refractivity contribution in [2.45, 2.75) is 24.9 Å². The fourth-order valence-electron chi connectivity index (χ4n) is 1.76. The fraction of sp³-hybridized carbons (Fsp3) is 0.545. The number of aromatic nitrogens is 2. The molecule has 0 spiro atoms. The second kappa shape index (κ2) is 3.73. The lowest BCUT2D eigenvalue weighted by molar-refractivity contribution is -0.126. The van der Waals surface area contributed by atoms with Gasteiger partial charge in [-0.05, 0) is 12.8 Å². The molecule has 16 heavy (non-hydrogen) atoms. The maximum atomic E-state index is 10.4. The Kier molecular flexibility index (Phi) is 2.23. The summed E-state index contributed by atoms with van der Waals surface area (Å²) in [6, 6.07) is 1.77. The number of hydrogen-bond donors (Lipinski definition) is 0. The standard InChI is InChI=1S/C11H13N3O2/c15-7-14-5-9(6-14)16-10-3-4-12-11(13-10)8-1-2-8/h3-4,7-9H,1-2,5-6H2. The van der Waals surface area contributed by atoms with Gasteiger partial charge in [0.25, 0.3) is 0 Å². The molecule has 5 nitrogen and oxygen atoms in total. The quantitative estimate of drug-likeness (QED) is 0.695. The summed E-state index contributed by atoms with van der Waals surface area (Å²) in [5.41, 5.74) is 0. The Labute approximate surface area is 93.4 Å². The fourth-order valence-corrected chi connectivity index (χ4v) is 1.76. The van der Waals surface area contributed by atoms with Crippen LogP contribution in [0.2, 0.25) is 0 Å². The Hall–Kier alpha value is -1.65. The SMILES string of the molecule is O=CN1CC(Oc2ccnc(C3CC3)n2)C1. The molecule has 0 unspecified atom stereocenters. The molecule has 0 bridgehead atoms. The monoisotopic (exact) mass is 219 g/mol. The van der Waals surface area contributed by atoms with Crippen LogP contribution in [-0.4, -0.2) is 40.5 Å². The summed E-state index contributed by atoms with van der Waals surface area (Å²) in [5, 5.41) is 0. The summed E-state index contributed by atoms with van der Waals surface area (Å²) in [7, 11) is 0. The van der Waals surface area contributed by atoms with E-state index in [1.807, 2.05) is 0 Å². The normalized spacial score (nSPS) is 20.4. The zero-order valence-electron chi connectivity index (χ0n) is 8.87. The largest absolute Gasteiger partial charge is 0.470 e. The lowest BCUT2D eigenvalue weighted by atomic mass is 10.2. The third-order valence-corrected chi connectivity index (χ3v) is 2.90. The number of hydrogen-bond acceptors (Lipinski definition) is 4. The Morgan fingerprint density at radius 2 is 2.25 bits per heavy atom. The molecule has 2 heterocycles. The van der Waals surface area contributed by atoms with Gasteiger partial charge in [0, 0.05) is 18.2 Å². The highest BCUT2D eigenvalue weighted by molar-refractivity contribution is 5.48. The Balaban J connectivity index is 1.61. The number of carbonyl (C=O) groups excluding carboxylic acids is 1. The lowest BCUT2D eigenvalue weighted by Gasteiger charge is -2.35. The maximum absolute atomic E-state index is 10.4. The molecule has 0 N–H and O–H groups in total. The van der Waals surface area contributed by atoms with E-state index >= 15 is 0 Å². The topological polar surface area (TPSA) is 55.3 Å². The average Bonchev–Trinajstić information content (AvgIpc) is 3.07. The van der Waals surface area contributed by atoms with Crippen molar-refractivity contribution < 1.29 is 9.53 Å². The van der Waals surface area contributed by atoms with Crippen LogP contribution in [0.25, 0.3) is 0 Å². The van der Waals surface area contributed by atoms with Crippen molar-refractivity contribution in [3.05, 3.63) is 18.1 Å². The summed E-state index contributed by atoms with van der Waals surface area (Å²) in [4.78, 5) is 20.6. The number of nitrogens with zero attached hydrogens (tertiary/aromatic N) is 3. The van der Waals surface area contributed by atoms with Crippen molar-refractivity contribution in [2.75, 3.05) is 13.1 Å². The van der Waals surface area contributed by atoms with Crippen LogP contribution in [0.1, 0.15) is 24.6 Å². The zero-order valence-corrected chi connectivity index (χ0v) is 8.87. The molecular weight excluding hydrogens is 206 g/mol. The van der Waals surface area contributed by atoms with Crippen LogP contribution in [0.15, 0.2) is 12.3 Å². The van der Waals surface area contributed by atoms with E-state index in [0.717, 1.165) is 12.2 Å². The third-order valence-electron chi connectivity index (χ3n) is 2.90. The van der Waals surface area contributed by atoms with Gasteiger partial charge in [0.2, 0.25) is 12.3 Å². The number of likely N-dealkylation sites (tertiary alicyclic amines) is 1. The van der Waals surface area contributed by atoms with Crippen molar-refractivity contribution in [1.82, 2.24) is 14.9 Å². The highest BCUT2D eigenvalue weighted by Crippen LogP contribution is 2.38. The van der Waals surface area contributed by atoms with E-state index in [4.69, 9.17) is 4.74 Å². The number of rotatable bonds is 4. The molecule has 84 valence electrons. The molecule has 1 saturated carbocycles. The highest BCUT2D eigenvalue weighted by Gasteiger charge is 2.29. The molecule has 1 amide bonds. The molecular formula is C11H13N3O2. The van der Waals surface area contributed by atoms with E-state index < -0.39 is 0 Å². The van der Waals surface area contributed by atoms with Gasteiger partial charge in [0.05, 0.1) is 13.1 Å². The third kappa shape index (κ3) is 1.85. The molecule has 0 radical (unpaired) electrons. The summed E-state index contributed by atoms with van der Waals surface area (Å²) in [6.45, 7) is 1.32. The second-order valence-electron chi connectivity index (χ2n) is 4.33. The molecule has 0 aromatic carbocycles. The second-order valence-corrected chi connectivity index (χ2v) is 4.33. The summed E-state index contributed by atoms with van der Waals surface area (Å²) in [5.74, 6) is 2.06. The van der Waals surface area contributed by atoms with Crippen molar-refractivity contribution >= 4 is 6.41 Å². The van der Waals surface area contributed by atoms with Crippen molar-refractivity contribution in [2.24, 2.45) is 0 Å². The molecule has 2 aliphatic rings. The molecule has 1 aliphatic heterocycles. The van der Waals surface area contributed by atoms with Gasteiger partial charge >= 0.3 is 0 Å². The van der Waals surface area contributed by atoms with Crippen LogP contribution in [0.4, 0.5) is 0 Å². The summed E-state index contributed by atoms with van der Waals surface area (Å²) >= 11 is 0. The van der Waals surface area contributed by atoms with E-state index in [0.29, 0.717) is 24.9 Å². The number of carbonyl (C=O) groups is 1. The average molecular weight is 219 g/mol. The minimum atomic E-state index is 0.0900. The van der Waals surface area contributed by atoms with Crippen LogP contribution < -0.4 is 4.74 Å². The van der Waals surface area contributed by atoms with Crippen LogP contribution in [0, 0.1) is 0 Å². The van der Waals surface area contributed by atoms with Crippen molar-refractivity contribution in [3.63, 3.8) is 0 Å². The van der Waals surface area contributed by atoms with Gasteiger partial charge in [-0.3, -0.25) is 4.79 Å². The van der Waals surface area contributed by atoms with E-state index in [1.54, 1.807) is 17.2 Å². The van der Waals surface area contributed by atoms with Crippen molar-refractivity contribution in [1.29, 1.82) is 0 Å². The van der Waals surface area contributed by atoms with Gasteiger partial charge in [0.1, 0.15) is 11.9 Å². The Bertz CT molecular complexity index is 400. The number of amides is 1. The van der Waals surface area contributed by atoms with Gasteiger partial charge in [-0.1, -0.05) is 0 Å². The smallest absolute Gasteiger partial charge is 0.216 e. The minimum absolute atomic E-state index is 0.0900. The van der Waals surface area contributed by atoms with Crippen LogP contribution in [0.5, 0.6) is 5.88 Å². The summed E-state index contributed by atoms with van der Waals surface area (Å²) < 4.78 is 5.65. The highest BCUT2D eigenvalue weighted by atomic mass is 16.5. The lowest BCUT2D eigenvalue weighted by Crippen LogP contribution is -2.52. The number of ether oxygens (including phenoxy) is 1. The van der Waals surface area contributed by atoms with E-state index in [9.17, 15) is 4.79 Å². The maximum Gasteiger partial charge on any atom is 0.216 e. The molecule has 0 atom stereocenters. The molecule has 5 heteroatoms. The van der Waals surface area contributed by atoms with Crippen LogP contribution in [0.3, 0.4) is 0 Å². The zero-order chi connectivity index (χ0) is 11.0. The Morgan fingerprint density at radius 1 is 1.44 bits per heavy atom. The van der Waals surface area contributed by atoms with Gasteiger partial charge in [-0.15, -0.1) is 0 Å². The Morgan fingerprint density at radius 3 is 2.94 bits per heavy atom. The molecule has 3 rings (SSSR count). The van der Waals surface area contributed by atoms with Crippen LogP contribution >= 0.6 is 0 Å². The first kappa shape index (κ1) is 9.57. The van der Waals surface area contributed by atoms with E-state index in [1.165, 1.54) is 12.8 Å². The first-order valence-corrected chi connectivity index (χ1v) is 5.54. The minimum Gasteiger partial charge on any atom is -0.470 e. The van der Waals surface area contributed by atoms with Gasteiger partial charge in [-0.25, -0.2) is 4.98 Å². The molecule has 1 aromatic heterocycles. The van der Waals surface area contributed by atoms with Crippen LogP contribution in [-0.2, 0) is 4.79 Å². The molecule has 1 saturated heterocycles. The molecule has 2 fully saturated rings. The first-order valence-electron chi connectivity index (χ1n) is 5.54. The predicted octanol–water partition coefficient (Wildman–Crippen LogP) is 0.573. The van der Waals surface area contributed by atoms with Gasteiger partial charge in [-0.2, -0.15) is 4.98 Å². The van der Waals surface area contributed by atoms with Gasteiger partial charge < -0.3 is 9.64 Å². The predicted molar refractivity (Wildman–Crippen MR) is 56.1 cm³/mol. The summed E-state index contributed by atoms with van der Waals surface area (Å²) in [6.07, 6.45) is 5.05. The van der Waals surface area contributed by atoms with Gasteiger partial charge in [0.15, 0.2) is 0 Å². The van der Waals surface area contributed by atoms with Crippen molar-refractivity contribution in [3.8, 4) is 5.88 Å². The first-order chi connectivity index (χ1) is 7.85. The molecule has 1 aliphatic carbocycles. The molecule has 1 aromatic rings. The van der Waals surface area contributed by atoms with E-state index in [2.05, 4.69) is 9.97 Å². The van der Waals surface area contributed by atoms with E-state index in [-0.39, 0.29) is 6.10 Å².